The van der Waals surface area contributed by atoms with E-state index in [0.29, 0.717) is 18.5 Å². The van der Waals surface area contributed by atoms with Crippen LogP contribution in [0.3, 0.4) is 0 Å². The zero-order valence-electron chi connectivity index (χ0n) is 11.4. The van der Waals surface area contributed by atoms with Gasteiger partial charge in [0.05, 0.1) is 5.92 Å². The summed E-state index contributed by atoms with van der Waals surface area (Å²) in [6.45, 7) is 6.93. The molecule has 0 spiro atoms. The van der Waals surface area contributed by atoms with Gasteiger partial charge in [-0.15, -0.1) is 0 Å². The second kappa shape index (κ2) is 7.00. The van der Waals surface area contributed by atoms with Crippen LogP contribution in [-0.4, -0.2) is 23.7 Å². The van der Waals surface area contributed by atoms with E-state index < -0.39 is 5.97 Å². The van der Waals surface area contributed by atoms with Gasteiger partial charge in [-0.3, -0.25) is 4.79 Å². The minimum absolute atomic E-state index is 0.238. The van der Waals surface area contributed by atoms with Crippen molar-refractivity contribution in [3.05, 3.63) is 0 Å². The predicted octanol–water partition coefficient (Wildman–Crippen LogP) is 2.90. The van der Waals surface area contributed by atoms with E-state index in [2.05, 4.69) is 26.1 Å². The van der Waals surface area contributed by atoms with E-state index in [-0.39, 0.29) is 5.92 Å². The summed E-state index contributed by atoms with van der Waals surface area (Å²) in [6, 6.07) is 0.449. The smallest absolute Gasteiger partial charge is 0.307 e. The number of carboxylic acids is 1. The van der Waals surface area contributed by atoms with E-state index in [1.54, 1.807) is 0 Å². The summed E-state index contributed by atoms with van der Waals surface area (Å²) in [7, 11) is 0. The highest BCUT2D eigenvalue weighted by Crippen LogP contribution is 2.33. The number of rotatable bonds is 9. The summed E-state index contributed by atoms with van der Waals surface area (Å²) < 4.78 is 0. The van der Waals surface area contributed by atoms with E-state index >= 15 is 0 Å². The molecule has 1 rings (SSSR count). The molecule has 100 valence electrons. The van der Waals surface area contributed by atoms with Crippen LogP contribution in [0, 0.1) is 17.8 Å². The second-order valence-electron chi connectivity index (χ2n) is 5.99. The maximum atomic E-state index is 11.1. The molecule has 0 saturated heterocycles. The highest BCUT2D eigenvalue weighted by Gasteiger charge is 2.22. The first-order chi connectivity index (χ1) is 7.99. The standard InChI is InChI=1S/C14H27NO2/c1-10(2)8-13(14(16)17)9-15-11(3)4-5-12-6-7-12/h10-13,15H,4-9H2,1-3H3,(H,16,17). The van der Waals surface area contributed by atoms with Crippen LogP contribution < -0.4 is 5.32 Å². The van der Waals surface area contributed by atoms with Crippen molar-refractivity contribution in [2.45, 2.75) is 58.9 Å². The van der Waals surface area contributed by atoms with E-state index in [0.717, 1.165) is 12.3 Å². The van der Waals surface area contributed by atoms with Crippen molar-refractivity contribution in [2.24, 2.45) is 17.8 Å². The highest BCUT2D eigenvalue weighted by atomic mass is 16.4. The lowest BCUT2D eigenvalue weighted by atomic mass is 9.96. The first kappa shape index (κ1) is 14.5. The van der Waals surface area contributed by atoms with Crippen LogP contribution in [0.4, 0.5) is 0 Å². The largest absolute Gasteiger partial charge is 0.481 e. The van der Waals surface area contributed by atoms with E-state index in [9.17, 15) is 4.79 Å². The molecule has 0 aromatic rings. The molecule has 0 amide bonds. The Kier molecular flexibility index (Phi) is 5.96. The van der Waals surface area contributed by atoms with Crippen molar-refractivity contribution >= 4 is 5.97 Å². The summed E-state index contributed by atoms with van der Waals surface area (Å²) in [4.78, 5) is 11.1. The molecule has 0 aromatic carbocycles. The third kappa shape index (κ3) is 6.67. The van der Waals surface area contributed by atoms with E-state index in [4.69, 9.17) is 5.11 Å². The molecule has 17 heavy (non-hydrogen) atoms. The van der Waals surface area contributed by atoms with Gasteiger partial charge in [0, 0.05) is 12.6 Å². The lowest BCUT2D eigenvalue weighted by Crippen LogP contribution is -2.35. The fourth-order valence-corrected chi connectivity index (χ4v) is 2.18. The van der Waals surface area contributed by atoms with Gasteiger partial charge >= 0.3 is 5.97 Å². The summed E-state index contributed by atoms with van der Waals surface area (Å²) in [5.41, 5.74) is 0. The predicted molar refractivity (Wildman–Crippen MR) is 70.0 cm³/mol. The van der Waals surface area contributed by atoms with Crippen LogP contribution in [0.25, 0.3) is 0 Å². The first-order valence-electron chi connectivity index (χ1n) is 6.95. The van der Waals surface area contributed by atoms with Gasteiger partial charge in [-0.05, 0) is 38.0 Å². The van der Waals surface area contributed by atoms with Crippen molar-refractivity contribution in [3.8, 4) is 0 Å². The zero-order valence-corrected chi connectivity index (χ0v) is 11.4. The van der Waals surface area contributed by atoms with Crippen molar-refractivity contribution in [3.63, 3.8) is 0 Å². The fraction of sp³-hybridized carbons (Fsp3) is 0.929. The summed E-state index contributed by atoms with van der Waals surface area (Å²) in [5.74, 6) is 0.504. The molecular weight excluding hydrogens is 214 g/mol. The number of carbonyl (C=O) groups is 1. The van der Waals surface area contributed by atoms with Gasteiger partial charge in [0.1, 0.15) is 0 Å². The lowest BCUT2D eigenvalue weighted by Gasteiger charge is -2.19. The summed E-state index contributed by atoms with van der Waals surface area (Å²) >= 11 is 0. The number of hydrogen-bond donors (Lipinski definition) is 2. The van der Waals surface area contributed by atoms with Gasteiger partial charge in [0.15, 0.2) is 0 Å². The Morgan fingerprint density at radius 2 is 2.00 bits per heavy atom. The minimum atomic E-state index is -0.666. The number of nitrogens with one attached hydrogen (secondary N) is 1. The Morgan fingerprint density at radius 3 is 2.47 bits per heavy atom. The molecular formula is C14H27NO2. The van der Waals surface area contributed by atoms with Crippen molar-refractivity contribution in [2.75, 3.05) is 6.54 Å². The number of aliphatic carboxylic acids is 1. The second-order valence-corrected chi connectivity index (χ2v) is 5.99. The molecule has 2 atom stereocenters. The molecule has 2 unspecified atom stereocenters. The SMILES string of the molecule is CC(C)CC(CNC(C)CCC1CC1)C(=O)O. The zero-order chi connectivity index (χ0) is 12.8. The van der Waals surface area contributed by atoms with Gasteiger partial charge in [0.25, 0.3) is 0 Å². The van der Waals surface area contributed by atoms with Crippen molar-refractivity contribution in [1.29, 1.82) is 0 Å². The molecule has 0 aromatic heterocycles. The molecule has 0 heterocycles. The molecule has 3 nitrogen and oxygen atoms in total. The van der Waals surface area contributed by atoms with E-state index in [1.165, 1.54) is 25.7 Å². The van der Waals surface area contributed by atoms with Gasteiger partial charge in [-0.25, -0.2) is 0 Å². The molecule has 3 heteroatoms. The first-order valence-corrected chi connectivity index (χ1v) is 6.95. The topological polar surface area (TPSA) is 49.3 Å². The van der Waals surface area contributed by atoms with Crippen LogP contribution in [-0.2, 0) is 4.79 Å². The monoisotopic (exact) mass is 241 g/mol. The molecule has 0 bridgehead atoms. The molecule has 1 fully saturated rings. The third-order valence-corrected chi connectivity index (χ3v) is 3.52. The van der Waals surface area contributed by atoms with Gasteiger partial charge in [-0.1, -0.05) is 26.7 Å². The highest BCUT2D eigenvalue weighted by molar-refractivity contribution is 5.70. The average Bonchev–Trinajstić information content (AvgIpc) is 3.04. The molecule has 1 aliphatic rings. The van der Waals surface area contributed by atoms with Gasteiger partial charge in [0.2, 0.25) is 0 Å². The molecule has 1 aliphatic carbocycles. The Morgan fingerprint density at radius 1 is 1.35 bits per heavy atom. The van der Waals surface area contributed by atoms with Crippen LogP contribution >= 0.6 is 0 Å². The lowest BCUT2D eigenvalue weighted by molar-refractivity contribution is -0.142. The number of hydrogen-bond acceptors (Lipinski definition) is 2. The molecule has 0 radical (unpaired) electrons. The minimum Gasteiger partial charge on any atom is -0.481 e. The van der Waals surface area contributed by atoms with Gasteiger partial charge in [-0.2, -0.15) is 0 Å². The Bertz CT molecular complexity index is 236. The Labute approximate surface area is 105 Å². The van der Waals surface area contributed by atoms with Crippen molar-refractivity contribution < 1.29 is 9.90 Å². The molecule has 0 aliphatic heterocycles. The maximum absolute atomic E-state index is 11.1. The summed E-state index contributed by atoms with van der Waals surface area (Å²) in [6.07, 6.45) is 6.04. The summed E-state index contributed by atoms with van der Waals surface area (Å²) in [5, 5.41) is 12.5. The van der Waals surface area contributed by atoms with Crippen LogP contribution in [0.15, 0.2) is 0 Å². The Hall–Kier alpha value is -0.570. The van der Waals surface area contributed by atoms with Gasteiger partial charge < -0.3 is 10.4 Å². The van der Waals surface area contributed by atoms with Crippen molar-refractivity contribution in [1.82, 2.24) is 5.32 Å². The number of carboxylic acid groups (broad SMARTS) is 1. The Balaban J connectivity index is 2.17. The molecule has 2 N–H and O–H groups in total. The van der Waals surface area contributed by atoms with Crippen LogP contribution in [0.5, 0.6) is 0 Å². The third-order valence-electron chi connectivity index (χ3n) is 3.52. The molecule has 1 saturated carbocycles. The van der Waals surface area contributed by atoms with Crippen LogP contribution in [0.1, 0.15) is 52.9 Å². The quantitative estimate of drug-likeness (QED) is 0.652. The van der Waals surface area contributed by atoms with Crippen LogP contribution in [0.2, 0.25) is 0 Å². The maximum Gasteiger partial charge on any atom is 0.307 e. The fourth-order valence-electron chi connectivity index (χ4n) is 2.18. The normalized spacial score (nSPS) is 19.3. The average molecular weight is 241 g/mol. The van der Waals surface area contributed by atoms with E-state index in [1.807, 2.05) is 0 Å².